The molecule has 1 heterocycles. The Kier molecular flexibility index (Phi) is 4.58. The maximum atomic E-state index is 13.8. The molecule has 21 heavy (non-hydrogen) atoms. The first-order valence-electron chi connectivity index (χ1n) is 6.71. The molecule has 2 rings (SSSR count). The summed E-state index contributed by atoms with van der Waals surface area (Å²) in [6.07, 6.45) is 0.389. The summed E-state index contributed by atoms with van der Waals surface area (Å²) < 4.78 is 13.8. The average molecular weight is 284 g/mol. The van der Waals surface area contributed by atoms with E-state index in [1.165, 1.54) is 6.07 Å². The van der Waals surface area contributed by atoms with E-state index in [1.807, 2.05) is 13.0 Å². The van der Waals surface area contributed by atoms with Crippen molar-refractivity contribution in [3.63, 3.8) is 0 Å². The van der Waals surface area contributed by atoms with Crippen molar-refractivity contribution < 1.29 is 9.18 Å². The van der Waals surface area contributed by atoms with Gasteiger partial charge in [-0.1, -0.05) is 18.7 Å². The van der Waals surface area contributed by atoms with Crippen LogP contribution in [0.5, 0.6) is 0 Å². The number of hydrogen-bond acceptors (Lipinski definition) is 3. The number of ketones is 1. The molecule has 0 bridgehead atoms. The second kappa shape index (κ2) is 6.39. The first-order valence-corrected chi connectivity index (χ1v) is 6.71. The molecule has 2 aromatic rings. The van der Waals surface area contributed by atoms with Crippen LogP contribution < -0.4 is 0 Å². The van der Waals surface area contributed by atoms with Crippen LogP contribution in [0.15, 0.2) is 36.9 Å². The Hall–Kier alpha value is -2.36. The van der Waals surface area contributed by atoms with Gasteiger partial charge in [0.1, 0.15) is 11.6 Å². The van der Waals surface area contributed by atoms with Crippen LogP contribution in [0.25, 0.3) is 5.57 Å². The molecule has 0 fully saturated rings. The van der Waals surface area contributed by atoms with Crippen molar-refractivity contribution in [2.75, 3.05) is 0 Å². The highest BCUT2D eigenvalue weighted by Crippen LogP contribution is 2.18. The zero-order chi connectivity index (χ0) is 15.4. The molecule has 0 unspecified atom stereocenters. The normalized spacial score (nSPS) is 10.4. The third-order valence-corrected chi connectivity index (χ3v) is 3.13. The Morgan fingerprint density at radius 3 is 2.52 bits per heavy atom. The fourth-order valence-corrected chi connectivity index (χ4v) is 2.03. The molecule has 0 spiro atoms. The molecule has 0 radical (unpaired) electrons. The Bertz CT molecular complexity index is 678. The van der Waals surface area contributed by atoms with Gasteiger partial charge in [-0.2, -0.15) is 10.2 Å². The predicted octanol–water partition coefficient (Wildman–Crippen LogP) is 3.31. The largest absolute Gasteiger partial charge is 0.299 e. The number of benzene rings is 1. The molecule has 0 aliphatic heterocycles. The summed E-state index contributed by atoms with van der Waals surface area (Å²) in [5.74, 6) is -0.362. The molecule has 0 saturated carbocycles. The average Bonchev–Trinajstić information content (AvgIpc) is 2.41. The lowest BCUT2D eigenvalue weighted by molar-refractivity contribution is -0.117. The van der Waals surface area contributed by atoms with E-state index in [0.717, 1.165) is 5.69 Å². The minimum absolute atomic E-state index is 0.0179. The molecule has 108 valence electrons. The number of carbonyl (C=O) groups excluding carboxylic acids is 1. The van der Waals surface area contributed by atoms with Crippen molar-refractivity contribution in [1.82, 2.24) is 10.2 Å². The van der Waals surface area contributed by atoms with Gasteiger partial charge in [0.05, 0.1) is 17.8 Å². The van der Waals surface area contributed by atoms with Gasteiger partial charge in [-0.3, -0.25) is 4.79 Å². The zero-order valence-electron chi connectivity index (χ0n) is 12.2. The molecule has 0 saturated heterocycles. The second-order valence-electron chi connectivity index (χ2n) is 5.15. The quantitative estimate of drug-likeness (QED) is 0.846. The fourth-order valence-electron chi connectivity index (χ4n) is 2.03. The standard InChI is InChI=1S/C17H17FN2O/c1-11(2)16-7-5-13(9-17(16)18)8-15(21)10-14-6-4-12(3)19-20-14/h4-7,9H,1,8,10H2,2-3H3. The Morgan fingerprint density at radius 1 is 1.19 bits per heavy atom. The van der Waals surface area contributed by atoms with Crippen LogP contribution in [-0.2, 0) is 17.6 Å². The Morgan fingerprint density at radius 2 is 1.95 bits per heavy atom. The molecule has 0 atom stereocenters. The van der Waals surface area contributed by atoms with Gasteiger partial charge in [-0.25, -0.2) is 4.39 Å². The summed E-state index contributed by atoms with van der Waals surface area (Å²) in [5.41, 5.74) is 3.24. The third-order valence-electron chi connectivity index (χ3n) is 3.13. The van der Waals surface area contributed by atoms with Crippen molar-refractivity contribution >= 4 is 11.4 Å². The lowest BCUT2D eigenvalue weighted by atomic mass is 10.0. The number of halogens is 1. The summed E-state index contributed by atoms with van der Waals surface area (Å²) in [6, 6.07) is 8.41. The predicted molar refractivity (Wildman–Crippen MR) is 80.3 cm³/mol. The molecular weight excluding hydrogens is 267 g/mol. The van der Waals surface area contributed by atoms with Crippen molar-refractivity contribution in [3.8, 4) is 0 Å². The molecule has 1 aromatic heterocycles. The van der Waals surface area contributed by atoms with E-state index in [4.69, 9.17) is 0 Å². The highest BCUT2D eigenvalue weighted by atomic mass is 19.1. The Labute approximate surface area is 123 Å². The summed E-state index contributed by atoms with van der Waals surface area (Å²) in [5, 5.41) is 7.87. The summed E-state index contributed by atoms with van der Waals surface area (Å²) in [6.45, 7) is 7.30. The van der Waals surface area contributed by atoms with Gasteiger partial charge in [-0.05, 0) is 43.2 Å². The number of aryl methyl sites for hydroxylation is 1. The fraction of sp³-hybridized carbons (Fsp3) is 0.235. The highest BCUT2D eigenvalue weighted by Gasteiger charge is 2.09. The molecular formula is C17H17FN2O. The minimum atomic E-state index is -0.345. The van der Waals surface area contributed by atoms with Crippen LogP contribution in [0.3, 0.4) is 0 Å². The summed E-state index contributed by atoms with van der Waals surface area (Å²) in [4.78, 5) is 12.0. The monoisotopic (exact) mass is 284 g/mol. The first-order chi connectivity index (χ1) is 9.95. The number of allylic oxidation sites excluding steroid dienone is 1. The topological polar surface area (TPSA) is 42.9 Å². The van der Waals surface area contributed by atoms with Gasteiger partial charge in [0.25, 0.3) is 0 Å². The zero-order valence-corrected chi connectivity index (χ0v) is 12.2. The second-order valence-corrected chi connectivity index (χ2v) is 5.15. The SMILES string of the molecule is C=C(C)c1ccc(CC(=O)Cc2ccc(C)nn2)cc1F. The molecule has 0 N–H and O–H groups in total. The summed E-state index contributed by atoms with van der Waals surface area (Å²) in [7, 11) is 0. The van der Waals surface area contributed by atoms with Gasteiger partial charge in [0.2, 0.25) is 0 Å². The van der Waals surface area contributed by atoms with Crippen LogP contribution in [0.1, 0.15) is 29.4 Å². The van der Waals surface area contributed by atoms with Crippen LogP contribution in [-0.4, -0.2) is 16.0 Å². The summed E-state index contributed by atoms with van der Waals surface area (Å²) >= 11 is 0. The van der Waals surface area contributed by atoms with Gasteiger partial charge >= 0.3 is 0 Å². The molecule has 4 heteroatoms. The highest BCUT2D eigenvalue weighted by molar-refractivity contribution is 5.82. The number of hydrogen-bond donors (Lipinski definition) is 0. The van der Waals surface area contributed by atoms with E-state index in [9.17, 15) is 9.18 Å². The molecule has 1 aromatic carbocycles. The molecule has 0 amide bonds. The van der Waals surface area contributed by atoms with Gasteiger partial charge in [-0.15, -0.1) is 0 Å². The molecule has 0 aliphatic carbocycles. The third kappa shape index (κ3) is 4.05. The van der Waals surface area contributed by atoms with Gasteiger partial charge in [0.15, 0.2) is 0 Å². The van der Waals surface area contributed by atoms with E-state index in [0.29, 0.717) is 22.4 Å². The molecule has 0 aliphatic rings. The Balaban J connectivity index is 2.04. The lowest BCUT2D eigenvalue weighted by Crippen LogP contribution is -2.09. The van der Waals surface area contributed by atoms with Crippen LogP contribution in [0.4, 0.5) is 4.39 Å². The number of Topliss-reactive ketones (excluding diaryl/α,β-unsaturated/α-hetero) is 1. The first kappa shape index (κ1) is 15.0. The number of carbonyl (C=O) groups is 1. The van der Waals surface area contributed by atoms with E-state index in [-0.39, 0.29) is 24.4 Å². The lowest BCUT2D eigenvalue weighted by Gasteiger charge is -2.05. The van der Waals surface area contributed by atoms with Crippen LogP contribution >= 0.6 is 0 Å². The van der Waals surface area contributed by atoms with E-state index < -0.39 is 0 Å². The maximum Gasteiger partial charge on any atom is 0.143 e. The number of nitrogens with zero attached hydrogens (tertiary/aromatic N) is 2. The van der Waals surface area contributed by atoms with E-state index in [1.54, 1.807) is 25.1 Å². The molecule has 3 nitrogen and oxygen atoms in total. The van der Waals surface area contributed by atoms with Gasteiger partial charge < -0.3 is 0 Å². The van der Waals surface area contributed by atoms with Crippen molar-refractivity contribution in [2.24, 2.45) is 0 Å². The van der Waals surface area contributed by atoms with Crippen molar-refractivity contribution in [2.45, 2.75) is 26.7 Å². The van der Waals surface area contributed by atoms with E-state index >= 15 is 0 Å². The van der Waals surface area contributed by atoms with Gasteiger partial charge in [0, 0.05) is 12.0 Å². The minimum Gasteiger partial charge on any atom is -0.299 e. The smallest absolute Gasteiger partial charge is 0.143 e. The number of aromatic nitrogens is 2. The van der Waals surface area contributed by atoms with Crippen molar-refractivity contribution in [1.29, 1.82) is 0 Å². The number of rotatable bonds is 5. The van der Waals surface area contributed by atoms with Crippen molar-refractivity contribution in [3.05, 3.63) is 65.2 Å². The van der Waals surface area contributed by atoms with Crippen LogP contribution in [0.2, 0.25) is 0 Å². The van der Waals surface area contributed by atoms with E-state index in [2.05, 4.69) is 16.8 Å². The maximum absolute atomic E-state index is 13.8. The van der Waals surface area contributed by atoms with Crippen LogP contribution in [0, 0.1) is 12.7 Å².